The number of carbonyl (C=O) groups excluding carboxylic acids is 1. The second-order valence-electron chi connectivity index (χ2n) is 8.79. The topological polar surface area (TPSA) is 101 Å². The molecule has 0 spiro atoms. The Balaban J connectivity index is 1.40. The number of piperidine rings is 1. The molecule has 0 bridgehead atoms. The Morgan fingerprint density at radius 1 is 1.21 bits per heavy atom. The molecule has 0 saturated carbocycles. The number of carbonyl (C=O) groups is 1. The average molecular weight is 460 g/mol. The molecule has 1 atom stereocenters. The van der Waals surface area contributed by atoms with E-state index < -0.39 is 11.9 Å². The van der Waals surface area contributed by atoms with Gasteiger partial charge in [0.1, 0.15) is 5.82 Å². The predicted molar refractivity (Wildman–Crippen MR) is 130 cm³/mol. The van der Waals surface area contributed by atoms with Crippen molar-refractivity contribution in [1.29, 1.82) is 0 Å². The highest BCUT2D eigenvalue weighted by Gasteiger charge is 2.27. The van der Waals surface area contributed by atoms with Gasteiger partial charge in [-0.2, -0.15) is 5.10 Å². The van der Waals surface area contributed by atoms with Gasteiger partial charge < -0.3 is 16.0 Å². The summed E-state index contributed by atoms with van der Waals surface area (Å²) in [6, 6.07) is 9.88. The number of amides is 1. The molecule has 1 fully saturated rings. The molecule has 1 unspecified atom stereocenters. The van der Waals surface area contributed by atoms with E-state index in [4.69, 9.17) is 5.73 Å². The molecule has 1 aliphatic heterocycles. The summed E-state index contributed by atoms with van der Waals surface area (Å²) in [6.45, 7) is 4.79. The van der Waals surface area contributed by atoms with Crippen LogP contribution in [0.4, 0.5) is 21.7 Å². The van der Waals surface area contributed by atoms with Crippen LogP contribution in [0.15, 0.2) is 55.0 Å². The first-order valence-corrected chi connectivity index (χ1v) is 11.3. The van der Waals surface area contributed by atoms with E-state index in [1.165, 1.54) is 11.0 Å². The van der Waals surface area contributed by atoms with Crippen molar-refractivity contribution in [3.63, 3.8) is 0 Å². The van der Waals surface area contributed by atoms with Gasteiger partial charge in [0.2, 0.25) is 11.9 Å². The van der Waals surface area contributed by atoms with Crippen LogP contribution in [0.5, 0.6) is 0 Å². The summed E-state index contributed by atoms with van der Waals surface area (Å²) in [6.07, 6.45) is 6.86. The maximum Gasteiger partial charge on any atom is 0.243 e. The normalized spacial score (nSPS) is 16.4. The zero-order valence-corrected chi connectivity index (χ0v) is 19.1. The van der Waals surface area contributed by atoms with E-state index in [2.05, 4.69) is 34.2 Å². The molecule has 5 rings (SSSR count). The van der Waals surface area contributed by atoms with Crippen molar-refractivity contribution in [2.75, 3.05) is 16.8 Å². The molecule has 174 valence electrons. The maximum atomic E-state index is 14.9. The van der Waals surface area contributed by atoms with Gasteiger partial charge in [0.25, 0.3) is 0 Å². The van der Waals surface area contributed by atoms with Gasteiger partial charge in [-0.05, 0) is 55.2 Å². The predicted octanol–water partition coefficient (Wildman–Crippen LogP) is 4.25. The molecular formula is C25H26FN7O. The highest BCUT2D eigenvalue weighted by molar-refractivity contribution is 5.97. The molecule has 1 aromatic carbocycles. The summed E-state index contributed by atoms with van der Waals surface area (Å²) >= 11 is 0. The Hall–Kier alpha value is -3.85. The summed E-state index contributed by atoms with van der Waals surface area (Å²) in [5.41, 5.74) is 10.4. The fourth-order valence-corrected chi connectivity index (χ4v) is 4.24. The van der Waals surface area contributed by atoms with E-state index in [9.17, 15) is 9.18 Å². The number of hydrogen-bond acceptors (Lipinski definition) is 6. The summed E-state index contributed by atoms with van der Waals surface area (Å²) in [4.78, 5) is 22.7. The van der Waals surface area contributed by atoms with Gasteiger partial charge in [0.15, 0.2) is 0 Å². The summed E-state index contributed by atoms with van der Waals surface area (Å²) < 4.78 is 16.7. The number of benzene rings is 1. The lowest BCUT2D eigenvalue weighted by atomic mass is 10.0. The van der Waals surface area contributed by atoms with Gasteiger partial charge in [-0.25, -0.2) is 18.9 Å². The summed E-state index contributed by atoms with van der Waals surface area (Å²) in [5, 5.41) is 7.36. The lowest BCUT2D eigenvalue weighted by molar-refractivity contribution is -0.120. The van der Waals surface area contributed by atoms with Gasteiger partial charge in [-0.1, -0.05) is 13.8 Å². The lowest BCUT2D eigenvalue weighted by Gasteiger charge is -2.30. The molecular weight excluding hydrogens is 433 g/mol. The molecule has 3 N–H and O–H groups in total. The Morgan fingerprint density at radius 3 is 2.85 bits per heavy atom. The average Bonchev–Trinajstić information content (AvgIpc) is 3.26. The Kier molecular flexibility index (Phi) is 5.70. The smallest absolute Gasteiger partial charge is 0.243 e. The first kappa shape index (κ1) is 22.0. The molecule has 0 aliphatic carbocycles. The van der Waals surface area contributed by atoms with Crippen molar-refractivity contribution in [1.82, 2.24) is 19.6 Å². The van der Waals surface area contributed by atoms with Crippen molar-refractivity contribution in [3.05, 3.63) is 66.4 Å². The fraction of sp³-hybridized carbons (Fsp3) is 0.280. The molecule has 1 saturated heterocycles. The molecule has 4 aromatic rings. The molecule has 34 heavy (non-hydrogen) atoms. The van der Waals surface area contributed by atoms with Crippen molar-refractivity contribution in [2.45, 2.75) is 38.6 Å². The number of rotatable bonds is 5. The highest BCUT2D eigenvalue weighted by Crippen LogP contribution is 2.28. The molecule has 1 amide bonds. The first-order chi connectivity index (χ1) is 16.4. The van der Waals surface area contributed by atoms with Crippen LogP contribution < -0.4 is 16.0 Å². The van der Waals surface area contributed by atoms with Crippen molar-refractivity contribution < 1.29 is 9.18 Å². The maximum absolute atomic E-state index is 14.9. The molecule has 3 aromatic heterocycles. The Labute approximate surface area is 196 Å². The number of pyridine rings is 1. The Morgan fingerprint density at radius 2 is 2.06 bits per heavy atom. The van der Waals surface area contributed by atoms with Crippen molar-refractivity contribution in [3.8, 4) is 11.3 Å². The number of nitrogens with one attached hydrogen (secondary N) is 1. The largest absolute Gasteiger partial charge is 0.322 e. The van der Waals surface area contributed by atoms with E-state index in [-0.39, 0.29) is 17.5 Å². The minimum absolute atomic E-state index is 0.182. The number of fused-ring (bicyclic) bond motifs is 1. The number of hydrogen-bond donors (Lipinski definition) is 2. The highest BCUT2D eigenvalue weighted by atomic mass is 19.1. The summed E-state index contributed by atoms with van der Waals surface area (Å²) in [7, 11) is 0. The van der Waals surface area contributed by atoms with E-state index >= 15 is 0 Å². The summed E-state index contributed by atoms with van der Waals surface area (Å²) in [5.74, 6) is -0.0612. The zero-order chi connectivity index (χ0) is 23.8. The van der Waals surface area contributed by atoms with Crippen LogP contribution in [0.25, 0.3) is 16.8 Å². The molecule has 4 heterocycles. The van der Waals surface area contributed by atoms with E-state index in [1.807, 2.05) is 35.1 Å². The van der Waals surface area contributed by atoms with Gasteiger partial charge >= 0.3 is 0 Å². The minimum Gasteiger partial charge on any atom is -0.322 e. The third kappa shape index (κ3) is 4.10. The lowest BCUT2D eigenvalue weighted by Crippen LogP contribution is -2.48. The van der Waals surface area contributed by atoms with Crippen LogP contribution in [-0.4, -0.2) is 38.1 Å². The number of nitrogens with two attached hydrogens (primary N) is 1. The molecule has 9 heteroatoms. The number of anilines is 3. The Bertz CT molecular complexity index is 1370. The van der Waals surface area contributed by atoms with Gasteiger partial charge in [0.05, 0.1) is 29.1 Å². The zero-order valence-electron chi connectivity index (χ0n) is 19.1. The molecule has 1 aliphatic rings. The van der Waals surface area contributed by atoms with Crippen LogP contribution in [-0.2, 0) is 4.79 Å². The number of nitrogens with zero attached hydrogens (tertiary/aromatic N) is 5. The van der Waals surface area contributed by atoms with Crippen LogP contribution in [0, 0.1) is 5.82 Å². The molecule has 8 nitrogen and oxygen atoms in total. The number of aromatic nitrogens is 4. The SMILES string of the molecule is CC(C)c1cnn2ccc(-c3ccnc(Nc4ccc(N5CCCC(N)C5=O)cc4F)n3)cc12. The number of halogens is 1. The van der Waals surface area contributed by atoms with Crippen LogP contribution >= 0.6 is 0 Å². The molecule has 0 radical (unpaired) electrons. The second kappa shape index (κ2) is 8.83. The van der Waals surface area contributed by atoms with Crippen LogP contribution in [0.2, 0.25) is 0 Å². The van der Waals surface area contributed by atoms with Crippen LogP contribution in [0.3, 0.4) is 0 Å². The fourth-order valence-electron chi connectivity index (χ4n) is 4.24. The second-order valence-corrected chi connectivity index (χ2v) is 8.79. The van der Waals surface area contributed by atoms with E-state index in [1.54, 1.807) is 18.3 Å². The van der Waals surface area contributed by atoms with Crippen LogP contribution in [0.1, 0.15) is 38.2 Å². The van der Waals surface area contributed by atoms with Crippen molar-refractivity contribution >= 4 is 28.7 Å². The quantitative estimate of drug-likeness (QED) is 0.463. The van der Waals surface area contributed by atoms with Crippen molar-refractivity contribution in [2.24, 2.45) is 5.73 Å². The third-order valence-electron chi connectivity index (χ3n) is 6.12. The first-order valence-electron chi connectivity index (χ1n) is 11.3. The van der Waals surface area contributed by atoms with Gasteiger partial charge in [-0.3, -0.25) is 4.79 Å². The van der Waals surface area contributed by atoms with E-state index in [0.29, 0.717) is 30.3 Å². The minimum atomic E-state index is -0.538. The third-order valence-corrected chi connectivity index (χ3v) is 6.12. The van der Waals surface area contributed by atoms with Gasteiger partial charge in [0, 0.05) is 35.8 Å². The van der Waals surface area contributed by atoms with E-state index in [0.717, 1.165) is 23.1 Å². The standard InChI is InChI=1S/C25H26FN7O/c1-15(2)18-14-29-33-11-8-16(12-23(18)33)21-7-9-28-25(30-21)31-22-6-5-17(13-19(22)26)32-10-3-4-20(27)24(32)34/h5-9,11-15,20H,3-4,10,27H2,1-2H3,(H,28,30,31). The van der Waals surface area contributed by atoms with Gasteiger partial charge in [-0.15, -0.1) is 0 Å². The monoisotopic (exact) mass is 459 g/mol.